The Labute approximate surface area is 107 Å². The number of hydrogen-bond acceptors (Lipinski definition) is 4. The molecule has 0 saturated heterocycles. The summed E-state index contributed by atoms with van der Waals surface area (Å²) < 4.78 is 31.5. The number of sulfonamides is 1. The van der Waals surface area contributed by atoms with E-state index in [4.69, 9.17) is 4.74 Å². The maximum absolute atomic E-state index is 12.5. The molecule has 1 atom stereocenters. The number of methoxy groups -OCH3 is 1. The molecular weight excluding hydrogens is 254 g/mol. The van der Waals surface area contributed by atoms with E-state index in [0.717, 1.165) is 12.8 Å². The molecular formula is C11H19N3O3S. The third kappa shape index (κ3) is 2.73. The lowest BCUT2D eigenvalue weighted by molar-refractivity contribution is 0.164. The summed E-state index contributed by atoms with van der Waals surface area (Å²) in [5.74, 6) is 0.475. The number of H-pyrrole nitrogens is 1. The smallest absolute Gasteiger partial charge is 0.246 e. The summed E-state index contributed by atoms with van der Waals surface area (Å²) in [6, 6.07) is 0.0139. The minimum Gasteiger partial charge on any atom is -0.383 e. The van der Waals surface area contributed by atoms with E-state index in [-0.39, 0.29) is 10.9 Å². The molecule has 0 spiro atoms. The Morgan fingerprint density at radius 2 is 2.33 bits per heavy atom. The third-order valence-electron chi connectivity index (χ3n) is 3.35. The van der Waals surface area contributed by atoms with Gasteiger partial charge in [-0.2, -0.15) is 9.40 Å². The molecule has 102 valence electrons. The van der Waals surface area contributed by atoms with Crippen LogP contribution in [0.5, 0.6) is 0 Å². The van der Waals surface area contributed by atoms with E-state index >= 15 is 0 Å². The minimum absolute atomic E-state index is 0.0139. The molecule has 0 aliphatic heterocycles. The molecule has 1 aliphatic carbocycles. The van der Waals surface area contributed by atoms with Crippen LogP contribution in [0.4, 0.5) is 0 Å². The second-order valence-corrected chi connectivity index (χ2v) is 6.51. The molecule has 1 fully saturated rings. The van der Waals surface area contributed by atoms with E-state index in [9.17, 15) is 8.42 Å². The number of aromatic nitrogens is 2. The summed E-state index contributed by atoms with van der Waals surface area (Å²) in [5, 5.41) is 6.25. The van der Waals surface area contributed by atoms with Crippen molar-refractivity contribution < 1.29 is 13.2 Å². The Hall–Kier alpha value is -0.920. The fourth-order valence-corrected chi connectivity index (χ4v) is 3.64. The summed E-state index contributed by atoms with van der Waals surface area (Å²) in [6.45, 7) is 2.74. The van der Waals surface area contributed by atoms with Crippen LogP contribution in [0.1, 0.15) is 19.8 Å². The largest absolute Gasteiger partial charge is 0.383 e. The van der Waals surface area contributed by atoms with Crippen LogP contribution < -0.4 is 0 Å². The monoisotopic (exact) mass is 273 g/mol. The van der Waals surface area contributed by atoms with Gasteiger partial charge in [-0.05, 0) is 25.7 Å². The fraction of sp³-hybridized carbons (Fsp3) is 0.727. The van der Waals surface area contributed by atoms with Crippen molar-refractivity contribution in [3.63, 3.8) is 0 Å². The first-order valence-corrected chi connectivity index (χ1v) is 7.51. The van der Waals surface area contributed by atoms with Crippen molar-refractivity contribution in [3.05, 3.63) is 12.4 Å². The predicted octanol–water partition coefficient (Wildman–Crippen LogP) is 0.845. The highest BCUT2D eigenvalue weighted by atomic mass is 32.2. The van der Waals surface area contributed by atoms with Crippen LogP contribution in [-0.4, -0.2) is 49.2 Å². The average molecular weight is 273 g/mol. The van der Waals surface area contributed by atoms with Crippen molar-refractivity contribution >= 4 is 10.0 Å². The van der Waals surface area contributed by atoms with Crippen LogP contribution in [0.3, 0.4) is 0 Å². The average Bonchev–Trinajstić information content (AvgIpc) is 3.03. The molecule has 1 N–H and O–H groups in total. The topological polar surface area (TPSA) is 75.3 Å². The van der Waals surface area contributed by atoms with Gasteiger partial charge in [0.25, 0.3) is 0 Å². The number of aromatic amines is 1. The Balaban J connectivity index is 2.21. The van der Waals surface area contributed by atoms with Crippen LogP contribution in [0, 0.1) is 5.92 Å². The van der Waals surface area contributed by atoms with Gasteiger partial charge in [-0.15, -0.1) is 0 Å². The van der Waals surface area contributed by atoms with Gasteiger partial charge in [0.05, 0.1) is 12.8 Å². The Kier molecular flexibility index (Phi) is 4.04. The molecule has 7 heteroatoms. The van der Waals surface area contributed by atoms with Crippen molar-refractivity contribution in [2.24, 2.45) is 5.92 Å². The van der Waals surface area contributed by atoms with Crippen molar-refractivity contribution in [2.75, 3.05) is 20.3 Å². The molecule has 0 radical (unpaired) electrons. The summed E-state index contributed by atoms with van der Waals surface area (Å²) in [5.41, 5.74) is 0. The van der Waals surface area contributed by atoms with Crippen molar-refractivity contribution in [2.45, 2.75) is 30.7 Å². The molecule has 6 nitrogen and oxygen atoms in total. The van der Waals surface area contributed by atoms with Crippen molar-refractivity contribution in [1.82, 2.24) is 14.5 Å². The second kappa shape index (κ2) is 5.38. The van der Waals surface area contributed by atoms with E-state index in [2.05, 4.69) is 10.2 Å². The first-order valence-electron chi connectivity index (χ1n) is 6.07. The Morgan fingerprint density at radius 3 is 2.83 bits per heavy atom. The SMILES string of the molecule is COCCN(C(C)C1CC1)S(=O)(=O)c1cn[nH]c1. The van der Waals surface area contributed by atoms with Gasteiger partial charge in [0, 0.05) is 25.9 Å². The van der Waals surface area contributed by atoms with Gasteiger partial charge in [0.2, 0.25) is 10.0 Å². The summed E-state index contributed by atoms with van der Waals surface area (Å²) in [7, 11) is -1.90. The molecule has 1 aromatic rings. The second-order valence-electron chi connectivity index (χ2n) is 4.62. The molecule has 18 heavy (non-hydrogen) atoms. The standard InChI is InChI=1S/C11H19N3O3S/c1-9(10-3-4-10)14(5-6-17-2)18(15,16)11-7-12-13-8-11/h7-10H,3-6H2,1-2H3,(H,12,13). The highest BCUT2D eigenvalue weighted by Gasteiger charge is 2.38. The minimum atomic E-state index is -3.47. The van der Waals surface area contributed by atoms with Gasteiger partial charge in [-0.25, -0.2) is 8.42 Å². The zero-order valence-corrected chi connectivity index (χ0v) is 11.5. The lowest BCUT2D eigenvalue weighted by atomic mass is 10.2. The maximum atomic E-state index is 12.5. The zero-order valence-electron chi connectivity index (χ0n) is 10.7. The molecule has 0 amide bonds. The molecule has 0 bridgehead atoms. The fourth-order valence-electron chi connectivity index (χ4n) is 2.05. The predicted molar refractivity (Wildman–Crippen MR) is 66.5 cm³/mol. The molecule has 2 rings (SSSR count). The number of nitrogens with one attached hydrogen (secondary N) is 1. The quantitative estimate of drug-likeness (QED) is 0.799. The summed E-state index contributed by atoms with van der Waals surface area (Å²) in [4.78, 5) is 0.214. The summed E-state index contributed by atoms with van der Waals surface area (Å²) in [6.07, 6.45) is 4.96. The zero-order chi connectivity index (χ0) is 13.2. The number of nitrogens with zero attached hydrogens (tertiary/aromatic N) is 2. The lowest BCUT2D eigenvalue weighted by Crippen LogP contribution is -2.41. The van der Waals surface area contributed by atoms with E-state index < -0.39 is 10.0 Å². The third-order valence-corrected chi connectivity index (χ3v) is 5.31. The molecule has 1 aromatic heterocycles. The van der Waals surface area contributed by atoms with Gasteiger partial charge in [0.1, 0.15) is 4.90 Å². The molecule has 1 saturated carbocycles. The highest BCUT2D eigenvalue weighted by Crippen LogP contribution is 2.36. The molecule has 1 heterocycles. The van der Waals surface area contributed by atoms with E-state index in [1.54, 1.807) is 7.11 Å². The Bertz CT molecular complexity index is 468. The maximum Gasteiger partial charge on any atom is 0.246 e. The number of ether oxygens (including phenoxy) is 1. The van der Waals surface area contributed by atoms with Crippen LogP contribution in [0.15, 0.2) is 17.3 Å². The normalized spacial score (nSPS) is 18.2. The number of rotatable bonds is 7. The molecule has 1 aliphatic rings. The van der Waals surface area contributed by atoms with Crippen LogP contribution >= 0.6 is 0 Å². The lowest BCUT2D eigenvalue weighted by Gasteiger charge is -2.27. The first kappa shape index (κ1) is 13.5. The van der Waals surface area contributed by atoms with E-state index in [1.165, 1.54) is 16.7 Å². The van der Waals surface area contributed by atoms with Crippen LogP contribution in [0.25, 0.3) is 0 Å². The highest BCUT2D eigenvalue weighted by molar-refractivity contribution is 7.89. The first-order chi connectivity index (χ1) is 8.57. The van der Waals surface area contributed by atoms with Crippen molar-refractivity contribution in [3.8, 4) is 0 Å². The van der Waals surface area contributed by atoms with E-state index in [0.29, 0.717) is 19.1 Å². The van der Waals surface area contributed by atoms with Crippen LogP contribution in [-0.2, 0) is 14.8 Å². The van der Waals surface area contributed by atoms with Crippen molar-refractivity contribution in [1.29, 1.82) is 0 Å². The van der Waals surface area contributed by atoms with Crippen LogP contribution in [0.2, 0.25) is 0 Å². The van der Waals surface area contributed by atoms with Gasteiger partial charge < -0.3 is 4.74 Å². The van der Waals surface area contributed by atoms with Gasteiger partial charge in [0.15, 0.2) is 0 Å². The number of hydrogen-bond donors (Lipinski definition) is 1. The summed E-state index contributed by atoms with van der Waals surface area (Å²) >= 11 is 0. The Morgan fingerprint density at radius 1 is 1.61 bits per heavy atom. The molecule has 1 unspecified atom stereocenters. The van der Waals surface area contributed by atoms with Gasteiger partial charge in [-0.3, -0.25) is 5.10 Å². The van der Waals surface area contributed by atoms with E-state index in [1.807, 2.05) is 6.92 Å². The van der Waals surface area contributed by atoms with Gasteiger partial charge in [-0.1, -0.05) is 0 Å². The van der Waals surface area contributed by atoms with Gasteiger partial charge >= 0.3 is 0 Å². The molecule has 0 aromatic carbocycles.